The molecule has 0 amide bonds. The molecule has 0 spiro atoms. The van der Waals surface area contributed by atoms with E-state index in [-0.39, 0.29) is 12.4 Å². The largest absolute Gasteiger partial charge is 0.454 e. The Labute approximate surface area is 138 Å². The minimum absolute atomic E-state index is 0.306. The second-order valence-electron chi connectivity index (χ2n) is 5.35. The Morgan fingerprint density at radius 2 is 1.79 bits per heavy atom. The lowest BCUT2D eigenvalue weighted by Crippen LogP contribution is -2.14. The van der Waals surface area contributed by atoms with Crippen LogP contribution in [-0.4, -0.2) is 22.9 Å². The number of Topliss-reactive ketones (excluding diaryl/α,β-unsaturated/α-hetero) is 1. The van der Waals surface area contributed by atoms with Crippen molar-refractivity contribution in [3.63, 3.8) is 0 Å². The molecular weight excluding hydrogens is 309 g/mol. The molecule has 122 valence electrons. The Morgan fingerprint density at radius 3 is 2.50 bits per heavy atom. The van der Waals surface area contributed by atoms with Crippen molar-refractivity contribution in [3.8, 4) is 0 Å². The summed E-state index contributed by atoms with van der Waals surface area (Å²) < 4.78 is 20.0. The number of ether oxygens (including phenoxy) is 1. The van der Waals surface area contributed by atoms with Gasteiger partial charge in [0.2, 0.25) is 0 Å². The second kappa shape index (κ2) is 6.66. The normalized spacial score (nSPS) is 10.8. The van der Waals surface area contributed by atoms with Gasteiger partial charge in [-0.2, -0.15) is 0 Å². The monoisotopic (exact) mass is 325 g/mol. The number of para-hydroxylation sites is 1. The predicted octanol–water partition coefficient (Wildman–Crippen LogP) is 3.84. The summed E-state index contributed by atoms with van der Waals surface area (Å²) in [5.41, 5.74) is 1.68. The molecule has 0 N–H and O–H groups in total. The molecule has 3 rings (SSSR count). The van der Waals surface area contributed by atoms with Crippen molar-refractivity contribution in [1.82, 2.24) is 4.57 Å². The highest BCUT2D eigenvalue weighted by Crippen LogP contribution is 2.22. The lowest BCUT2D eigenvalue weighted by molar-refractivity contribution is 0.0476. The van der Waals surface area contributed by atoms with E-state index < -0.39 is 11.8 Å². The molecule has 0 bridgehead atoms. The zero-order valence-corrected chi connectivity index (χ0v) is 13.2. The van der Waals surface area contributed by atoms with E-state index in [0.29, 0.717) is 11.1 Å². The van der Waals surface area contributed by atoms with Crippen LogP contribution >= 0.6 is 0 Å². The number of ketones is 1. The highest BCUT2D eigenvalue weighted by Gasteiger charge is 2.17. The molecule has 0 fully saturated rings. The summed E-state index contributed by atoms with van der Waals surface area (Å²) in [6, 6.07) is 12.7. The van der Waals surface area contributed by atoms with Crippen LogP contribution in [0.3, 0.4) is 0 Å². The summed E-state index contributed by atoms with van der Waals surface area (Å²) in [4.78, 5) is 24.3. The van der Waals surface area contributed by atoms with Gasteiger partial charge in [-0.25, -0.2) is 9.18 Å². The SMILES string of the molecule is CCn1cc(C(=O)OCC(=O)c2ccc(F)cc2)c2ccccc21. The molecule has 0 atom stereocenters. The van der Waals surface area contributed by atoms with E-state index in [9.17, 15) is 14.0 Å². The van der Waals surface area contributed by atoms with Gasteiger partial charge in [-0.1, -0.05) is 18.2 Å². The fourth-order valence-corrected chi connectivity index (χ4v) is 2.60. The average molecular weight is 325 g/mol. The third-order valence-corrected chi connectivity index (χ3v) is 3.85. The average Bonchev–Trinajstić information content (AvgIpc) is 2.99. The number of hydrogen-bond acceptors (Lipinski definition) is 3. The number of nitrogens with zero attached hydrogens (tertiary/aromatic N) is 1. The van der Waals surface area contributed by atoms with E-state index in [2.05, 4.69) is 0 Å². The third-order valence-electron chi connectivity index (χ3n) is 3.85. The minimum atomic E-state index is -0.547. The number of aryl methyl sites for hydroxylation is 1. The van der Waals surface area contributed by atoms with Gasteiger partial charge in [0.1, 0.15) is 5.82 Å². The molecular formula is C19H16FNO3. The Kier molecular flexibility index (Phi) is 4.42. The number of carbonyl (C=O) groups is 2. The van der Waals surface area contributed by atoms with Gasteiger partial charge in [-0.3, -0.25) is 4.79 Å². The highest BCUT2D eigenvalue weighted by atomic mass is 19.1. The first kappa shape index (κ1) is 15.9. The van der Waals surface area contributed by atoms with Crippen LogP contribution in [-0.2, 0) is 11.3 Å². The summed E-state index contributed by atoms with van der Waals surface area (Å²) in [6.45, 7) is 2.33. The lowest BCUT2D eigenvalue weighted by Gasteiger charge is -2.04. The topological polar surface area (TPSA) is 48.3 Å². The Hall–Kier alpha value is -2.95. The molecule has 0 saturated carbocycles. The van der Waals surface area contributed by atoms with Crippen LogP contribution in [0, 0.1) is 5.82 Å². The van der Waals surface area contributed by atoms with Crippen molar-refractivity contribution in [2.45, 2.75) is 13.5 Å². The molecule has 0 aliphatic carbocycles. The van der Waals surface area contributed by atoms with Gasteiger partial charge in [0.15, 0.2) is 12.4 Å². The van der Waals surface area contributed by atoms with Crippen molar-refractivity contribution in [2.24, 2.45) is 0 Å². The first-order valence-corrected chi connectivity index (χ1v) is 7.64. The number of fused-ring (bicyclic) bond motifs is 1. The first-order valence-electron chi connectivity index (χ1n) is 7.64. The summed E-state index contributed by atoms with van der Waals surface area (Å²) >= 11 is 0. The quantitative estimate of drug-likeness (QED) is 0.529. The number of rotatable bonds is 5. The Bertz CT molecular complexity index is 897. The van der Waals surface area contributed by atoms with Gasteiger partial charge in [-0.15, -0.1) is 0 Å². The number of carbonyl (C=O) groups excluding carboxylic acids is 2. The maximum Gasteiger partial charge on any atom is 0.340 e. The zero-order chi connectivity index (χ0) is 17.1. The minimum Gasteiger partial charge on any atom is -0.454 e. The highest BCUT2D eigenvalue weighted by molar-refractivity contribution is 6.05. The van der Waals surface area contributed by atoms with Gasteiger partial charge in [0, 0.05) is 29.2 Å². The molecule has 5 heteroatoms. The molecule has 2 aromatic carbocycles. The summed E-state index contributed by atoms with van der Waals surface area (Å²) in [5.74, 6) is -1.34. The maximum atomic E-state index is 12.9. The molecule has 1 aromatic heterocycles. The van der Waals surface area contributed by atoms with Crippen LogP contribution in [0.5, 0.6) is 0 Å². The number of hydrogen-bond donors (Lipinski definition) is 0. The van der Waals surface area contributed by atoms with E-state index in [1.807, 2.05) is 35.8 Å². The number of halogens is 1. The standard InChI is InChI=1S/C19H16FNO3/c1-2-21-11-16(15-5-3-4-6-17(15)21)19(23)24-12-18(22)13-7-9-14(20)10-8-13/h3-11H,2,12H2,1H3. The van der Waals surface area contributed by atoms with E-state index in [4.69, 9.17) is 4.74 Å². The third kappa shape index (κ3) is 3.06. The van der Waals surface area contributed by atoms with E-state index in [1.54, 1.807) is 6.20 Å². The molecule has 0 radical (unpaired) electrons. The summed E-state index contributed by atoms with van der Waals surface area (Å²) in [6.07, 6.45) is 1.73. The van der Waals surface area contributed by atoms with E-state index >= 15 is 0 Å². The summed E-state index contributed by atoms with van der Waals surface area (Å²) in [5, 5.41) is 0.790. The second-order valence-corrected chi connectivity index (χ2v) is 5.35. The molecule has 0 aliphatic heterocycles. The van der Waals surface area contributed by atoms with Crippen molar-refractivity contribution in [2.75, 3.05) is 6.61 Å². The summed E-state index contributed by atoms with van der Waals surface area (Å²) in [7, 11) is 0. The molecule has 0 saturated heterocycles. The molecule has 1 heterocycles. The van der Waals surface area contributed by atoms with Gasteiger partial charge in [-0.05, 0) is 37.3 Å². The van der Waals surface area contributed by atoms with E-state index in [1.165, 1.54) is 24.3 Å². The van der Waals surface area contributed by atoms with Crippen LogP contribution in [0.15, 0.2) is 54.7 Å². The first-order chi connectivity index (χ1) is 11.6. The lowest BCUT2D eigenvalue weighted by atomic mass is 10.1. The van der Waals surface area contributed by atoms with Crippen molar-refractivity contribution < 1.29 is 18.7 Å². The number of esters is 1. The van der Waals surface area contributed by atoms with Gasteiger partial charge in [0.25, 0.3) is 0 Å². The van der Waals surface area contributed by atoms with Crippen LogP contribution in [0.1, 0.15) is 27.6 Å². The Morgan fingerprint density at radius 1 is 1.08 bits per heavy atom. The molecule has 4 nitrogen and oxygen atoms in total. The molecule has 3 aromatic rings. The van der Waals surface area contributed by atoms with E-state index in [0.717, 1.165) is 17.4 Å². The van der Waals surface area contributed by atoms with Crippen LogP contribution in [0.4, 0.5) is 4.39 Å². The maximum absolute atomic E-state index is 12.9. The Balaban J connectivity index is 1.76. The van der Waals surface area contributed by atoms with Crippen LogP contribution in [0.25, 0.3) is 10.9 Å². The van der Waals surface area contributed by atoms with Crippen LogP contribution in [0.2, 0.25) is 0 Å². The fourth-order valence-electron chi connectivity index (χ4n) is 2.60. The molecule has 0 unspecified atom stereocenters. The number of benzene rings is 2. The fraction of sp³-hybridized carbons (Fsp3) is 0.158. The van der Waals surface area contributed by atoms with Crippen molar-refractivity contribution >= 4 is 22.7 Å². The van der Waals surface area contributed by atoms with Gasteiger partial charge < -0.3 is 9.30 Å². The molecule has 0 aliphatic rings. The molecule has 24 heavy (non-hydrogen) atoms. The van der Waals surface area contributed by atoms with Crippen LogP contribution < -0.4 is 0 Å². The zero-order valence-electron chi connectivity index (χ0n) is 13.2. The smallest absolute Gasteiger partial charge is 0.340 e. The van der Waals surface area contributed by atoms with Crippen molar-refractivity contribution in [3.05, 3.63) is 71.7 Å². The number of aromatic nitrogens is 1. The van der Waals surface area contributed by atoms with Crippen molar-refractivity contribution in [1.29, 1.82) is 0 Å². The van der Waals surface area contributed by atoms with Gasteiger partial charge >= 0.3 is 5.97 Å². The predicted molar refractivity (Wildman–Crippen MR) is 88.6 cm³/mol. The van der Waals surface area contributed by atoms with Gasteiger partial charge in [0.05, 0.1) is 5.56 Å².